The molecule has 11 heteroatoms. The average Bonchev–Trinajstić information content (AvgIpc) is 3.43. The fourth-order valence-electron chi connectivity index (χ4n) is 5.77. The number of anilines is 1. The molecule has 2 aliphatic carbocycles. The number of hydrogen-bond donors (Lipinski definition) is 1. The van der Waals surface area contributed by atoms with E-state index in [1.807, 2.05) is 16.9 Å². The molecule has 2 aliphatic rings. The largest absolute Gasteiger partial charge is 0.322 e. The number of hydrogen-bond acceptors (Lipinski definition) is 4. The first-order valence-electron chi connectivity index (χ1n) is 11.6. The van der Waals surface area contributed by atoms with Gasteiger partial charge in [-0.15, -0.1) is 0 Å². The van der Waals surface area contributed by atoms with Gasteiger partial charge in [0.2, 0.25) is 0 Å². The van der Waals surface area contributed by atoms with Crippen molar-refractivity contribution in [1.82, 2.24) is 9.78 Å². The highest BCUT2D eigenvalue weighted by Gasteiger charge is 2.50. The van der Waals surface area contributed by atoms with Gasteiger partial charge in [-0.2, -0.15) is 5.10 Å². The summed E-state index contributed by atoms with van der Waals surface area (Å²) in [4.78, 5) is 12.6. The first-order valence-corrected chi connectivity index (χ1v) is 13.5. The Balaban J connectivity index is 1.37. The Bertz CT molecular complexity index is 1380. The van der Waals surface area contributed by atoms with Crippen molar-refractivity contribution in [3.05, 3.63) is 76.8 Å². The Kier molecular flexibility index (Phi) is 6.59. The molecule has 4 atom stereocenters. The van der Waals surface area contributed by atoms with Crippen LogP contribution in [0.3, 0.4) is 0 Å². The molecule has 2 saturated carbocycles. The standard InChI is InChI=1S/C25H23ClF3N3O3S/c26-19-5-4-17(25(33)31-18-11-20(27)23(29)21(28)12-18)10-22(19)36(34,35)24-15-2-3-16(24)9-14(8-15)13-32-7-1-6-30-32/h1,4-7,10-12,14-16,24H,2-3,8-9,13H2,(H,31,33)/t14-,15-,16?,24?/m0/s1. The summed E-state index contributed by atoms with van der Waals surface area (Å²) in [6, 6.07) is 6.98. The van der Waals surface area contributed by atoms with Crippen LogP contribution in [0.1, 0.15) is 36.0 Å². The minimum absolute atomic E-state index is 0.00323. The predicted octanol–water partition coefficient (Wildman–Crippen LogP) is 5.48. The number of carbonyl (C=O) groups is 1. The van der Waals surface area contributed by atoms with Gasteiger partial charge in [0, 0.05) is 42.3 Å². The van der Waals surface area contributed by atoms with E-state index in [-0.39, 0.29) is 33.0 Å². The fraction of sp³-hybridized carbons (Fsp3) is 0.360. The molecule has 3 aromatic rings. The molecule has 0 saturated heterocycles. The summed E-state index contributed by atoms with van der Waals surface area (Å²) in [5.74, 6) is -5.08. The molecule has 0 radical (unpaired) electrons. The maximum atomic E-state index is 13.8. The summed E-state index contributed by atoms with van der Waals surface area (Å²) in [5.41, 5.74) is -0.355. The van der Waals surface area contributed by atoms with Crippen molar-refractivity contribution in [2.24, 2.45) is 17.8 Å². The van der Waals surface area contributed by atoms with Gasteiger partial charge in [-0.1, -0.05) is 11.6 Å². The Morgan fingerprint density at radius 3 is 2.36 bits per heavy atom. The Morgan fingerprint density at radius 2 is 1.75 bits per heavy atom. The van der Waals surface area contributed by atoms with E-state index >= 15 is 0 Å². The predicted molar refractivity (Wildman–Crippen MR) is 128 cm³/mol. The number of nitrogens with zero attached hydrogens (tertiary/aromatic N) is 2. The van der Waals surface area contributed by atoms with Crippen molar-refractivity contribution in [2.45, 2.75) is 42.4 Å². The SMILES string of the molecule is O=C(Nc1cc(F)c(F)c(F)c1)c1ccc(Cl)c(S(=O)(=O)C2C3CC[C@H]2C[C@H](Cn2cccn2)C3)c1. The molecule has 6 nitrogen and oxygen atoms in total. The topological polar surface area (TPSA) is 81.1 Å². The second-order valence-electron chi connectivity index (χ2n) is 9.53. The van der Waals surface area contributed by atoms with Crippen LogP contribution >= 0.6 is 11.6 Å². The number of rotatable bonds is 6. The first-order chi connectivity index (χ1) is 17.1. The number of carbonyl (C=O) groups excluding carboxylic acids is 1. The zero-order valence-corrected chi connectivity index (χ0v) is 20.6. The molecule has 0 spiro atoms. The summed E-state index contributed by atoms with van der Waals surface area (Å²) < 4.78 is 69.7. The molecule has 2 unspecified atom stereocenters. The van der Waals surface area contributed by atoms with Crippen LogP contribution in [-0.2, 0) is 16.4 Å². The normalized spacial score (nSPS) is 23.6. The van der Waals surface area contributed by atoms with E-state index in [0.717, 1.165) is 32.2 Å². The third kappa shape index (κ3) is 4.64. The van der Waals surface area contributed by atoms with Crippen LogP contribution in [0.2, 0.25) is 5.02 Å². The quantitative estimate of drug-likeness (QED) is 0.422. The molecule has 1 heterocycles. The van der Waals surface area contributed by atoms with E-state index in [2.05, 4.69) is 10.4 Å². The van der Waals surface area contributed by atoms with Gasteiger partial charge in [0.05, 0.1) is 15.2 Å². The van der Waals surface area contributed by atoms with Gasteiger partial charge in [0.25, 0.3) is 5.91 Å². The summed E-state index contributed by atoms with van der Waals surface area (Å²) in [6.07, 6.45) is 6.77. The smallest absolute Gasteiger partial charge is 0.255 e. The highest BCUT2D eigenvalue weighted by molar-refractivity contribution is 7.92. The van der Waals surface area contributed by atoms with Crippen LogP contribution in [0.15, 0.2) is 53.7 Å². The Morgan fingerprint density at radius 1 is 1.08 bits per heavy atom. The lowest BCUT2D eigenvalue weighted by Crippen LogP contribution is -2.38. The van der Waals surface area contributed by atoms with Crippen LogP contribution in [0.25, 0.3) is 0 Å². The number of fused-ring (bicyclic) bond motifs is 2. The molecule has 2 bridgehead atoms. The fourth-order valence-corrected chi connectivity index (χ4v) is 8.64. The molecule has 1 aromatic heterocycles. The number of halogens is 4. The van der Waals surface area contributed by atoms with Crippen molar-refractivity contribution < 1.29 is 26.4 Å². The van der Waals surface area contributed by atoms with Crippen LogP contribution in [0, 0.1) is 35.2 Å². The number of aromatic nitrogens is 2. The van der Waals surface area contributed by atoms with Crippen LogP contribution in [0.5, 0.6) is 0 Å². The van der Waals surface area contributed by atoms with Crippen molar-refractivity contribution in [1.29, 1.82) is 0 Å². The van der Waals surface area contributed by atoms with E-state index in [1.165, 1.54) is 18.2 Å². The molecule has 2 aromatic carbocycles. The summed E-state index contributed by atoms with van der Waals surface area (Å²) in [5, 5.41) is 5.94. The summed E-state index contributed by atoms with van der Waals surface area (Å²) in [6.45, 7) is 0.744. The Labute approximate surface area is 211 Å². The zero-order chi connectivity index (χ0) is 25.6. The number of sulfone groups is 1. The molecule has 0 aliphatic heterocycles. The molecule has 5 rings (SSSR count). The minimum atomic E-state index is -3.87. The van der Waals surface area contributed by atoms with Crippen LogP contribution < -0.4 is 5.32 Å². The average molecular weight is 538 g/mol. The Hall–Kier alpha value is -2.85. The maximum absolute atomic E-state index is 13.8. The second kappa shape index (κ2) is 9.55. The number of benzene rings is 2. The zero-order valence-electron chi connectivity index (χ0n) is 19.0. The maximum Gasteiger partial charge on any atom is 0.255 e. The summed E-state index contributed by atoms with van der Waals surface area (Å²) in [7, 11) is -3.87. The minimum Gasteiger partial charge on any atom is -0.322 e. The van der Waals surface area contributed by atoms with E-state index in [9.17, 15) is 26.4 Å². The van der Waals surface area contributed by atoms with Gasteiger partial charge in [0.1, 0.15) is 0 Å². The van der Waals surface area contributed by atoms with Gasteiger partial charge in [0.15, 0.2) is 27.3 Å². The van der Waals surface area contributed by atoms with Crippen molar-refractivity contribution in [2.75, 3.05) is 5.32 Å². The first kappa shape index (κ1) is 24.8. The second-order valence-corrected chi connectivity index (χ2v) is 12.0. The monoisotopic (exact) mass is 537 g/mol. The van der Waals surface area contributed by atoms with Gasteiger partial charge in [-0.05, 0) is 67.7 Å². The molecular formula is C25H23ClF3N3O3S. The lowest BCUT2D eigenvalue weighted by Gasteiger charge is -2.35. The van der Waals surface area contributed by atoms with Crippen molar-refractivity contribution in [3.63, 3.8) is 0 Å². The van der Waals surface area contributed by atoms with Gasteiger partial charge in [-0.25, -0.2) is 21.6 Å². The third-order valence-electron chi connectivity index (χ3n) is 7.21. The van der Waals surface area contributed by atoms with Gasteiger partial charge in [-0.3, -0.25) is 9.48 Å². The van der Waals surface area contributed by atoms with Gasteiger partial charge < -0.3 is 5.32 Å². The molecular weight excluding hydrogens is 515 g/mol. The molecule has 2 fully saturated rings. The van der Waals surface area contributed by atoms with E-state index in [4.69, 9.17) is 11.6 Å². The van der Waals surface area contributed by atoms with Crippen molar-refractivity contribution in [3.8, 4) is 0 Å². The van der Waals surface area contributed by atoms with E-state index < -0.39 is 38.4 Å². The molecule has 190 valence electrons. The van der Waals surface area contributed by atoms with Gasteiger partial charge >= 0.3 is 0 Å². The molecule has 36 heavy (non-hydrogen) atoms. The lowest BCUT2D eigenvalue weighted by atomic mass is 9.80. The number of nitrogens with one attached hydrogen (secondary N) is 1. The molecule has 1 amide bonds. The highest BCUT2D eigenvalue weighted by Crippen LogP contribution is 2.50. The lowest BCUT2D eigenvalue weighted by molar-refractivity contribution is 0.102. The van der Waals surface area contributed by atoms with Crippen molar-refractivity contribution >= 4 is 33.0 Å². The van der Waals surface area contributed by atoms with E-state index in [1.54, 1.807) is 6.20 Å². The van der Waals surface area contributed by atoms with E-state index in [0.29, 0.717) is 18.1 Å². The van der Waals surface area contributed by atoms with Crippen LogP contribution in [-0.4, -0.2) is 29.4 Å². The third-order valence-corrected chi connectivity index (χ3v) is 10.1. The van der Waals surface area contributed by atoms with Crippen LogP contribution in [0.4, 0.5) is 18.9 Å². The molecule has 1 N–H and O–H groups in total. The highest BCUT2D eigenvalue weighted by atomic mass is 35.5. The number of amides is 1. The summed E-state index contributed by atoms with van der Waals surface area (Å²) >= 11 is 6.30.